The fraction of sp³-hybridized carbons (Fsp3) is 0.300. The lowest BCUT2D eigenvalue weighted by atomic mass is 9.97. The Bertz CT molecular complexity index is 941. The van der Waals surface area contributed by atoms with Gasteiger partial charge in [0.05, 0.1) is 11.5 Å². The smallest absolute Gasteiger partial charge is 0.345 e. The number of nitro benzene ring substituents is 1. The summed E-state index contributed by atoms with van der Waals surface area (Å²) in [4.78, 5) is 36.3. The molecule has 0 saturated heterocycles. The molecule has 2 aromatic carbocycles. The summed E-state index contributed by atoms with van der Waals surface area (Å²) >= 11 is 0. The summed E-state index contributed by atoms with van der Waals surface area (Å²) < 4.78 is 4.97. The van der Waals surface area contributed by atoms with Gasteiger partial charge < -0.3 is 15.0 Å². The van der Waals surface area contributed by atoms with E-state index < -0.39 is 10.9 Å². The number of nitrogens with one attached hydrogen (secondary N) is 1. The zero-order chi connectivity index (χ0) is 20.3. The van der Waals surface area contributed by atoms with Gasteiger partial charge in [-0.25, -0.2) is 4.79 Å². The molecule has 0 spiro atoms. The maximum Gasteiger partial charge on any atom is 0.345 e. The summed E-state index contributed by atoms with van der Waals surface area (Å²) in [7, 11) is 0. The van der Waals surface area contributed by atoms with Gasteiger partial charge in [-0.2, -0.15) is 0 Å². The van der Waals surface area contributed by atoms with E-state index in [9.17, 15) is 19.7 Å². The molecule has 0 fully saturated rings. The third kappa shape index (κ3) is 3.95. The van der Waals surface area contributed by atoms with Crippen LogP contribution >= 0.6 is 0 Å². The number of nitrogens with zero attached hydrogens (tertiary/aromatic N) is 2. The molecule has 8 heteroatoms. The SMILES string of the molecule is CCOC(=O)c1cc(N2CCc3c(cccc3NC(C)=O)C2)ccc1[N+](=O)[O-]. The monoisotopic (exact) mass is 383 g/mol. The summed E-state index contributed by atoms with van der Waals surface area (Å²) in [6, 6.07) is 10.2. The maximum atomic E-state index is 12.2. The van der Waals surface area contributed by atoms with Gasteiger partial charge in [0.2, 0.25) is 5.91 Å². The number of carbonyl (C=O) groups excluding carboxylic acids is 2. The number of hydrogen-bond acceptors (Lipinski definition) is 6. The van der Waals surface area contributed by atoms with Crippen molar-refractivity contribution < 1.29 is 19.2 Å². The molecule has 2 aromatic rings. The summed E-state index contributed by atoms with van der Waals surface area (Å²) in [5, 5.41) is 14.1. The van der Waals surface area contributed by atoms with E-state index in [-0.39, 0.29) is 23.8 Å². The highest BCUT2D eigenvalue weighted by Gasteiger charge is 2.25. The van der Waals surface area contributed by atoms with Gasteiger partial charge in [0, 0.05) is 37.5 Å². The third-order valence-electron chi connectivity index (χ3n) is 4.61. The van der Waals surface area contributed by atoms with Crippen molar-refractivity contribution in [2.75, 3.05) is 23.4 Å². The predicted molar refractivity (Wildman–Crippen MR) is 105 cm³/mol. The van der Waals surface area contributed by atoms with Gasteiger partial charge in [-0.15, -0.1) is 0 Å². The third-order valence-corrected chi connectivity index (χ3v) is 4.61. The molecule has 1 aliphatic rings. The number of rotatable bonds is 5. The molecule has 28 heavy (non-hydrogen) atoms. The number of benzene rings is 2. The molecule has 3 rings (SSSR count). The van der Waals surface area contributed by atoms with Gasteiger partial charge in [-0.1, -0.05) is 12.1 Å². The molecule has 0 saturated carbocycles. The number of nitro groups is 1. The maximum absolute atomic E-state index is 12.2. The van der Waals surface area contributed by atoms with Crippen LogP contribution in [0.5, 0.6) is 0 Å². The molecule has 0 unspecified atom stereocenters. The minimum Gasteiger partial charge on any atom is -0.462 e. The Morgan fingerprint density at radius 3 is 2.75 bits per heavy atom. The Hall–Kier alpha value is -3.42. The average Bonchev–Trinajstić information content (AvgIpc) is 2.67. The van der Waals surface area contributed by atoms with Crippen LogP contribution in [-0.4, -0.2) is 30.0 Å². The molecule has 1 N–H and O–H groups in total. The van der Waals surface area contributed by atoms with Crippen LogP contribution in [0.4, 0.5) is 17.1 Å². The Morgan fingerprint density at radius 2 is 2.07 bits per heavy atom. The van der Waals surface area contributed by atoms with Crippen molar-refractivity contribution in [1.82, 2.24) is 0 Å². The van der Waals surface area contributed by atoms with E-state index >= 15 is 0 Å². The van der Waals surface area contributed by atoms with E-state index in [1.807, 2.05) is 23.1 Å². The molecule has 0 radical (unpaired) electrons. The van der Waals surface area contributed by atoms with Crippen molar-refractivity contribution in [2.24, 2.45) is 0 Å². The molecule has 0 atom stereocenters. The molecule has 1 heterocycles. The normalized spacial score (nSPS) is 12.9. The van der Waals surface area contributed by atoms with E-state index in [2.05, 4.69) is 5.32 Å². The molecule has 0 aromatic heterocycles. The van der Waals surface area contributed by atoms with Crippen LogP contribution in [0.3, 0.4) is 0 Å². The van der Waals surface area contributed by atoms with Crippen LogP contribution in [-0.2, 0) is 22.5 Å². The van der Waals surface area contributed by atoms with Gasteiger partial charge in [-0.05, 0) is 42.7 Å². The first-order chi connectivity index (χ1) is 13.4. The minimum atomic E-state index is -0.707. The molecule has 0 aliphatic carbocycles. The van der Waals surface area contributed by atoms with Crippen molar-refractivity contribution in [1.29, 1.82) is 0 Å². The second-order valence-electron chi connectivity index (χ2n) is 6.48. The van der Waals surface area contributed by atoms with Gasteiger partial charge >= 0.3 is 5.97 Å². The van der Waals surface area contributed by atoms with Crippen molar-refractivity contribution in [2.45, 2.75) is 26.8 Å². The van der Waals surface area contributed by atoms with Crippen LogP contribution < -0.4 is 10.2 Å². The molecule has 8 nitrogen and oxygen atoms in total. The Balaban J connectivity index is 1.91. The van der Waals surface area contributed by atoms with E-state index in [0.29, 0.717) is 25.2 Å². The first-order valence-electron chi connectivity index (χ1n) is 8.99. The van der Waals surface area contributed by atoms with Gasteiger partial charge in [0.15, 0.2) is 0 Å². The van der Waals surface area contributed by atoms with Crippen LogP contribution in [0.1, 0.15) is 35.3 Å². The Labute approximate surface area is 162 Å². The minimum absolute atomic E-state index is 0.0536. The summed E-state index contributed by atoms with van der Waals surface area (Å²) in [6.45, 7) is 4.50. The van der Waals surface area contributed by atoms with Crippen molar-refractivity contribution in [3.8, 4) is 0 Å². The molecular weight excluding hydrogens is 362 g/mol. The largest absolute Gasteiger partial charge is 0.462 e. The predicted octanol–water partition coefficient (Wildman–Crippen LogP) is 3.29. The van der Waals surface area contributed by atoms with Crippen molar-refractivity contribution in [3.63, 3.8) is 0 Å². The van der Waals surface area contributed by atoms with Crippen LogP contribution in [0.15, 0.2) is 36.4 Å². The number of esters is 1. The quantitative estimate of drug-likeness (QED) is 0.483. The summed E-state index contributed by atoms with van der Waals surface area (Å²) in [6.07, 6.45) is 0.706. The van der Waals surface area contributed by atoms with Crippen molar-refractivity contribution in [3.05, 3.63) is 63.2 Å². The van der Waals surface area contributed by atoms with E-state index in [1.165, 1.54) is 19.1 Å². The molecule has 1 aliphatic heterocycles. The summed E-state index contributed by atoms with van der Waals surface area (Å²) in [5.74, 6) is -0.827. The number of hydrogen-bond donors (Lipinski definition) is 1. The zero-order valence-electron chi connectivity index (χ0n) is 15.7. The standard InChI is InChI=1S/C20H21N3O5/c1-3-28-20(25)17-11-15(7-8-19(17)23(26)27)22-10-9-16-14(12-22)5-4-6-18(16)21-13(2)24/h4-8,11H,3,9-10,12H2,1-2H3,(H,21,24). The first-order valence-corrected chi connectivity index (χ1v) is 8.99. The highest BCUT2D eigenvalue weighted by atomic mass is 16.6. The lowest BCUT2D eigenvalue weighted by Crippen LogP contribution is -2.31. The van der Waals surface area contributed by atoms with E-state index in [0.717, 1.165) is 16.8 Å². The molecule has 0 bridgehead atoms. The second kappa shape index (κ2) is 8.08. The lowest BCUT2D eigenvalue weighted by molar-refractivity contribution is -0.385. The zero-order valence-corrected chi connectivity index (χ0v) is 15.7. The van der Waals surface area contributed by atoms with Crippen LogP contribution in [0.25, 0.3) is 0 Å². The second-order valence-corrected chi connectivity index (χ2v) is 6.48. The topological polar surface area (TPSA) is 102 Å². The fourth-order valence-corrected chi connectivity index (χ4v) is 3.39. The van der Waals surface area contributed by atoms with Gasteiger partial charge in [-0.3, -0.25) is 14.9 Å². The number of carbonyl (C=O) groups is 2. The van der Waals surface area contributed by atoms with Crippen molar-refractivity contribution >= 4 is 28.9 Å². The number of amides is 1. The Kier molecular flexibility index (Phi) is 5.58. The number of fused-ring (bicyclic) bond motifs is 1. The highest BCUT2D eigenvalue weighted by molar-refractivity contribution is 5.95. The van der Waals surface area contributed by atoms with Crippen LogP contribution in [0, 0.1) is 10.1 Å². The average molecular weight is 383 g/mol. The van der Waals surface area contributed by atoms with E-state index in [1.54, 1.807) is 13.0 Å². The lowest BCUT2D eigenvalue weighted by Gasteiger charge is -2.32. The number of ether oxygens (including phenoxy) is 1. The van der Waals surface area contributed by atoms with E-state index in [4.69, 9.17) is 4.74 Å². The van der Waals surface area contributed by atoms with Gasteiger partial charge in [0.1, 0.15) is 5.56 Å². The first kappa shape index (κ1) is 19.3. The van der Waals surface area contributed by atoms with Crippen LogP contribution in [0.2, 0.25) is 0 Å². The number of anilines is 2. The fourth-order valence-electron chi connectivity index (χ4n) is 3.39. The van der Waals surface area contributed by atoms with Gasteiger partial charge in [0.25, 0.3) is 5.69 Å². The molecule has 1 amide bonds. The summed E-state index contributed by atoms with van der Waals surface area (Å²) in [5.41, 5.74) is 3.34. The Morgan fingerprint density at radius 1 is 1.29 bits per heavy atom. The highest BCUT2D eigenvalue weighted by Crippen LogP contribution is 2.32. The molecular formula is C20H21N3O5. The molecule has 146 valence electrons.